The number of pyridine rings is 1. The van der Waals surface area contributed by atoms with Gasteiger partial charge in [0.15, 0.2) is 0 Å². The van der Waals surface area contributed by atoms with E-state index in [1.807, 2.05) is 41.3 Å². The maximum absolute atomic E-state index is 12.5. The molecule has 1 aliphatic heterocycles. The van der Waals surface area contributed by atoms with Crippen LogP contribution < -0.4 is 5.32 Å². The number of likely N-dealkylation sites (tertiary alicyclic amines) is 1. The molecule has 2 aromatic rings. The summed E-state index contributed by atoms with van der Waals surface area (Å²) in [5, 5.41) is 3.43. The zero-order valence-electron chi connectivity index (χ0n) is 15.5. The van der Waals surface area contributed by atoms with Crippen LogP contribution in [-0.2, 0) is 16.0 Å². The molecule has 1 aliphatic rings. The number of aromatic nitrogens is 1. The van der Waals surface area contributed by atoms with Crippen LogP contribution in [0.15, 0.2) is 54.7 Å². The fraction of sp³-hybridized carbons (Fsp3) is 0.381. The summed E-state index contributed by atoms with van der Waals surface area (Å²) in [7, 11) is 1.41. The van der Waals surface area contributed by atoms with Crippen molar-refractivity contribution in [3.8, 4) is 0 Å². The molecule has 1 aromatic carbocycles. The third-order valence-electron chi connectivity index (χ3n) is 4.87. The summed E-state index contributed by atoms with van der Waals surface area (Å²) in [5.41, 5.74) is 1.56. The molecular formula is C21H25N3O3. The Morgan fingerprint density at radius 3 is 2.48 bits per heavy atom. The van der Waals surface area contributed by atoms with E-state index in [-0.39, 0.29) is 24.0 Å². The van der Waals surface area contributed by atoms with Gasteiger partial charge >= 0.3 is 5.97 Å². The molecule has 3 rings (SSSR count). The molecule has 1 fully saturated rings. The van der Waals surface area contributed by atoms with E-state index in [9.17, 15) is 9.59 Å². The molecule has 6 nitrogen and oxygen atoms in total. The summed E-state index contributed by atoms with van der Waals surface area (Å²) >= 11 is 0. The lowest BCUT2D eigenvalue weighted by Crippen LogP contribution is -2.51. The normalized spacial score (nSPS) is 16.0. The number of hydrogen-bond donors (Lipinski definition) is 1. The monoisotopic (exact) mass is 367 g/mol. The minimum absolute atomic E-state index is 0.0390. The second-order valence-corrected chi connectivity index (χ2v) is 6.71. The van der Waals surface area contributed by atoms with Gasteiger partial charge in [-0.25, -0.2) is 0 Å². The minimum Gasteiger partial charge on any atom is -0.468 e. The Morgan fingerprint density at radius 2 is 1.85 bits per heavy atom. The van der Waals surface area contributed by atoms with Gasteiger partial charge in [-0.15, -0.1) is 0 Å². The number of rotatable bonds is 6. The number of nitrogens with zero attached hydrogens (tertiary/aromatic N) is 2. The molecule has 1 unspecified atom stereocenters. The van der Waals surface area contributed by atoms with Crippen LogP contribution in [0.2, 0.25) is 0 Å². The number of carbonyl (C=O) groups excluding carboxylic acids is 2. The Bertz CT molecular complexity index is 744. The number of methoxy groups -OCH3 is 1. The van der Waals surface area contributed by atoms with Crippen molar-refractivity contribution in [2.75, 3.05) is 20.2 Å². The molecule has 142 valence electrons. The third kappa shape index (κ3) is 5.14. The fourth-order valence-corrected chi connectivity index (χ4v) is 3.39. The summed E-state index contributed by atoms with van der Waals surface area (Å²) in [6, 6.07) is 15.0. The average Bonchev–Trinajstić information content (AvgIpc) is 2.74. The van der Waals surface area contributed by atoms with Crippen molar-refractivity contribution in [2.24, 2.45) is 0 Å². The van der Waals surface area contributed by atoms with E-state index in [2.05, 4.69) is 10.3 Å². The molecule has 0 aliphatic carbocycles. The van der Waals surface area contributed by atoms with Gasteiger partial charge in [0.25, 0.3) is 5.91 Å². The molecule has 1 amide bonds. The fourth-order valence-electron chi connectivity index (χ4n) is 3.39. The minimum atomic E-state index is -0.388. The van der Waals surface area contributed by atoms with Gasteiger partial charge in [-0.1, -0.05) is 36.4 Å². The van der Waals surface area contributed by atoms with Crippen molar-refractivity contribution in [3.05, 3.63) is 66.0 Å². The molecule has 27 heavy (non-hydrogen) atoms. The van der Waals surface area contributed by atoms with Crippen molar-refractivity contribution < 1.29 is 14.3 Å². The van der Waals surface area contributed by atoms with E-state index >= 15 is 0 Å². The van der Waals surface area contributed by atoms with Gasteiger partial charge in [0, 0.05) is 25.3 Å². The number of amides is 1. The number of piperidine rings is 1. The van der Waals surface area contributed by atoms with E-state index in [0.29, 0.717) is 25.2 Å². The van der Waals surface area contributed by atoms with Crippen LogP contribution in [0.1, 0.15) is 28.9 Å². The molecule has 1 N–H and O–H groups in total. The van der Waals surface area contributed by atoms with Gasteiger partial charge in [-0.05, 0) is 37.0 Å². The summed E-state index contributed by atoms with van der Waals surface area (Å²) in [6.45, 7) is 1.29. The highest BCUT2D eigenvalue weighted by molar-refractivity contribution is 5.92. The molecule has 2 heterocycles. The van der Waals surface area contributed by atoms with E-state index in [1.54, 1.807) is 18.3 Å². The molecule has 0 radical (unpaired) electrons. The topological polar surface area (TPSA) is 71.5 Å². The molecule has 0 saturated carbocycles. The standard InChI is InChI=1S/C21H25N3O3/c1-27-21(26)19(15-16-7-3-2-4-8-16)23-17-10-13-24(14-11-17)20(25)18-9-5-6-12-22-18/h2-9,12,17,19,23H,10-11,13-15H2,1H3. The van der Waals surface area contributed by atoms with Crippen molar-refractivity contribution >= 4 is 11.9 Å². The average molecular weight is 367 g/mol. The summed E-state index contributed by atoms with van der Waals surface area (Å²) in [5.74, 6) is -0.298. The Kier molecular flexibility index (Phi) is 6.54. The second-order valence-electron chi connectivity index (χ2n) is 6.71. The van der Waals surface area contributed by atoms with Crippen molar-refractivity contribution in [3.63, 3.8) is 0 Å². The first kappa shape index (κ1) is 19.0. The van der Waals surface area contributed by atoms with Crippen LogP contribution in [-0.4, -0.2) is 54.0 Å². The molecule has 1 saturated heterocycles. The second kappa shape index (κ2) is 9.28. The number of ether oxygens (including phenoxy) is 1. The van der Waals surface area contributed by atoms with Crippen LogP contribution in [0.4, 0.5) is 0 Å². The number of esters is 1. The van der Waals surface area contributed by atoms with Crippen LogP contribution in [0.3, 0.4) is 0 Å². The first-order valence-electron chi connectivity index (χ1n) is 9.25. The summed E-state index contributed by atoms with van der Waals surface area (Å²) < 4.78 is 4.97. The number of nitrogens with one attached hydrogen (secondary N) is 1. The third-order valence-corrected chi connectivity index (χ3v) is 4.87. The van der Waals surface area contributed by atoms with E-state index in [4.69, 9.17) is 4.74 Å². The van der Waals surface area contributed by atoms with Gasteiger partial charge in [-0.3, -0.25) is 14.6 Å². The highest BCUT2D eigenvalue weighted by Gasteiger charge is 2.28. The first-order chi connectivity index (χ1) is 13.2. The molecular weight excluding hydrogens is 342 g/mol. The summed E-state index contributed by atoms with van der Waals surface area (Å²) in [4.78, 5) is 30.6. The van der Waals surface area contributed by atoms with E-state index in [0.717, 1.165) is 18.4 Å². The SMILES string of the molecule is COC(=O)C(Cc1ccccc1)NC1CCN(C(=O)c2ccccn2)CC1. The Morgan fingerprint density at radius 1 is 1.15 bits per heavy atom. The van der Waals surface area contributed by atoms with Gasteiger partial charge in [-0.2, -0.15) is 0 Å². The highest BCUT2D eigenvalue weighted by Crippen LogP contribution is 2.15. The van der Waals surface area contributed by atoms with E-state index in [1.165, 1.54) is 7.11 Å². The quantitative estimate of drug-likeness (QED) is 0.792. The Hall–Kier alpha value is -2.73. The predicted octanol–water partition coefficient (Wildman–Crippen LogP) is 2.06. The first-order valence-corrected chi connectivity index (χ1v) is 9.25. The van der Waals surface area contributed by atoms with Crippen LogP contribution in [0.25, 0.3) is 0 Å². The lowest BCUT2D eigenvalue weighted by molar-refractivity contribution is -0.143. The van der Waals surface area contributed by atoms with Gasteiger partial charge in [0.05, 0.1) is 7.11 Å². The molecule has 0 spiro atoms. The Balaban J connectivity index is 1.56. The van der Waals surface area contributed by atoms with Crippen LogP contribution in [0.5, 0.6) is 0 Å². The van der Waals surface area contributed by atoms with Gasteiger partial charge < -0.3 is 15.0 Å². The van der Waals surface area contributed by atoms with Crippen LogP contribution in [0, 0.1) is 0 Å². The smallest absolute Gasteiger partial charge is 0.323 e. The zero-order valence-corrected chi connectivity index (χ0v) is 15.5. The Labute approximate surface area is 159 Å². The van der Waals surface area contributed by atoms with Crippen molar-refractivity contribution in [1.29, 1.82) is 0 Å². The maximum atomic E-state index is 12.5. The molecule has 0 bridgehead atoms. The van der Waals surface area contributed by atoms with Crippen LogP contribution >= 0.6 is 0 Å². The van der Waals surface area contributed by atoms with Crippen molar-refractivity contribution in [2.45, 2.75) is 31.3 Å². The lowest BCUT2D eigenvalue weighted by atomic mass is 10.0. The number of hydrogen-bond acceptors (Lipinski definition) is 5. The maximum Gasteiger partial charge on any atom is 0.323 e. The number of carbonyl (C=O) groups is 2. The van der Waals surface area contributed by atoms with Crippen molar-refractivity contribution in [1.82, 2.24) is 15.2 Å². The molecule has 1 atom stereocenters. The highest BCUT2D eigenvalue weighted by atomic mass is 16.5. The van der Waals surface area contributed by atoms with E-state index < -0.39 is 0 Å². The zero-order chi connectivity index (χ0) is 19.1. The molecule has 6 heteroatoms. The van der Waals surface area contributed by atoms with Gasteiger partial charge in [0.2, 0.25) is 0 Å². The lowest BCUT2D eigenvalue weighted by Gasteiger charge is -2.34. The van der Waals surface area contributed by atoms with Gasteiger partial charge in [0.1, 0.15) is 11.7 Å². The molecule has 1 aromatic heterocycles. The summed E-state index contributed by atoms with van der Waals surface area (Å²) in [6.07, 6.45) is 3.80. The predicted molar refractivity (Wildman–Crippen MR) is 102 cm³/mol. The number of benzene rings is 1. The largest absolute Gasteiger partial charge is 0.468 e.